The molecule has 0 fully saturated rings. The lowest BCUT2D eigenvalue weighted by atomic mass is 10.00. The monoisotopic (exact) mass is 330 g/mol. The van der Waals surface area contributed by atoms with E-state index in [4.69, 9.17) is 4.74 Å². The van der Waals surface area contributed by atoms with Crippen LogP contribution < -0.4 is 5.32 Å². The Morgan fingerprint density at radius 1 is 1.53 bits per heavy atom. The number of methoxy groups -OCH3 is 1. The molecule has 6 heteroatoms. The van der Waals surface area contributed by atoms with Gasteiger partial charge in [-0.05, 0) is 49.2 Å². The fourth-order valence-corrected chi connectivity index (χ4v) is 2.35. The van der Waals surface area contributed by atoms with Gasteiger partial charge in [0.2, 0.25) is 0 Å². The summed E-state index contributed by atoms with van der Waals surface area (Å²) in [5, 5.41) is 14.0. The molecule has 0 saturated carbocycles. The van der Waals surface area contributed by atoms with Gasteiger partial charge in [0.15, 0.2) is 0 Å². The second-order valence-electron chi connectivity index (χ2n) is 5.13. The number of non-ortho nitro benzene ring substituents is 1. The van der Waals surface area contributed by atoms with Gasteiger partial charge in [0.25, 0.3) is 5.69 Å². The van der Waals surface area contributed by atoms with E-state index in [9.17, 15) is 10.1 Å². The van der Waals surface area contributed by atoms with Crippen molar-refractivity contribution in [1.82, 2.24) is 0 Å². The van der Waals surface area contributed by atoms with Crippen molar-refractivity contribution in [3.05, 3.63) is 32.8 Å². The quantitative estimate of drug-likeness (QED) is 0.633. The van der Waals surface area contributed by atoms with Gasteiger partial charge in [0.1, 0.15) is 0 Å². The molecule has 0 aliphatic heterocycles. The lowest BCUT2D eigenvalue weighted by molar-refractivity contribution is -0.384. The van der Waals surface area contributed by atoms with E-state index in [0.717, 1.165) is 12.1 Å². The predicted octanol–water partition coefficient (Wildman–Crippen LogP) is 3.97. The van der Waals surface area contributed by atoms with Crippen molar-refractivity contribution in [3.8, 4) is 0 Å². The Hall–Kier alpha value is -1.14. The maximum Gasteiger partial charge on any atom is 0.270 e. The maximum atomic E-state index is 10.7. The number of nitro groups is 1. The molecule has 1 unspecified atom stereocenters. The highest BCUT2D eigenvalue weighted by Crippen LogP contribution is 2.28. The van der Waals surface area contributed by atoms with Gasteiger partial charge >= 0.3 is 0 Å². The second-order valence-corrected chi connectivity index (χ2v) is 5.99. The molecule has 1 aromatic rings. The maximum absolute atomic E-state index is 10.7. The van der Waals surface area contributed by atoms with Gasteiger partial charge in [-0.2, -0.15) is 0 Å². The molecule has 1 N–H and O–H groups in total. The minimum atomic E-state index is -0.411. The van der Waals surface area contributed by atoms with Crippen LogP contribution in [-0.2, 0) is 4.74 Å². The van der Waals surface area contributed by atoms with Gasteiger partial charge in [-0.1, -0.05) is 0 Å². The Morgan fingerprint density at radius 2 is 2.16 bits per heavy atom. The molecule has 0 heterocycles. The van der Waals surface area contributed by atoms with Crippen LogP contribution in [0.15, 0.2) is 22.7 Å². The summed E-state index contributed by atoms with van der Waals surface area (Å²) in [6.45, 7) is 6.10. The third-order valence-electron chi connectivity index (χ3n) is 2.92. The number of nitro benzene ring substituents is 1. The molecule has 0 aliphatic rings. The predicted molar refractivity (Wildman–Crippen MR) is 79.6 cm³/mol. The van der Waals surface area contributed by atoms with E-state index < -0.39 is 4.92 Å². The number of benzene rings is 1. The summed E-state index contributed by atoms with van der Waals surface area (Å²) in [5.74, 6) is 0. The van der Waals surface area contributed by atoms with E-state index in [-0.39, 0.29) is 17.3 Å². The van der Waals surface area contributed by atoms with E-state index >= 15 is 0 Å². The molecule has 1 aromatic carbocycles. The molecule has 0 aliphatic carbocycles. The second kappa shape index (κ2) is 6.34. The first kappa shape index (κ1) is 15.9. The van der Waals surface area contributed by atoms with Crippen LogP contribution in [0.2, 0.25) is 0 Å². The van der Waals surface area contributed by atoms with Crippen LogP contribution in [0.5, 0.6) is 0 Å². The molecule has 5 nitrogen and oxygen atoms in total. The Labute approximate surface area is 121 Å². The average Bonchev–Trinajstić information content (AvgIpc) is 2.30. The van der Waals surface area contributed by atoms with Crippen molar-refractivity contribution in [2.24, 2.45) is 0 Å². The SMILES string of the molecule is COC(C)(C)CC(C)Nc1ccc([N+](=O)[O-])cc1Br. The fraction of sp³-hybridized carbons (Fsp3) is 0.538. The van der Waals surface area contributed by atoms with E-state index in [0.29, 0.717) is 4.47 Å². The van der Waals surface area contributed by atoms with Gasteiger partial charge in [-0.3, -0.25) is 10.1 Å². The molecule has 0 radical (unpaired) electrons. The summed E-state index contributed by atoms with van der Waals surface area (Å²) < 4.78 is 6.07. The zero-order chi connectivity index (χ0) is 14.6. The Kier molecular flexibility index (Phi) is 5.31. The van der Waals surface area contributed by atoms with Crippen LogP contribution in [0.1, 0.15) is 27.2 Å². The normalized spacial score (nSPS) is 13.1. The van der Waals surface area contributed by atoms with Crippen molar-refractivity contribution < 1.29 is 9.66 Å². The molecule has 0 spiro atoms. The third-order valence-corrected chi connectivity index (χ3v) is 3.57. The summed E-state index contributed by atoms with van der Waals surface area (Å²) in [6.07, 6.45) is 0.826. The smallest absolute Gasteiger partial charge is 0.270 e. The topological polar surface area (TPSA) is 64.4 Å². The standard InChI is InChI=1S/C13H19BrN2O3/c1-9(8-13(2,3)19-4)15-12-6-5-10(16(17)18)7-11(12)14/h5-7,9,15H,8H2,1-4H3. The van der Waals surface area contributed by atoms with E-state index in [2.05, 4.69) is 28.2 Å². The lowest BCUT2D eigenvalue weighted by Crippen LogP contribution is -2.31. The minimum Gasteiger partial charge on any atom is -0.382 e. The number of anilines is 1. The summed E-state index contributed by atoms with van der Waals surface area (Å²) in [6, 6.07) is 4.88. The zero-order valence-electron chi connectivity index (χ0n) is 11.6. The van der Waals surface area contributed by atoms with E-state index in [1.165, 1.54) is 12.1 Å². The van der Waals surface area contributed by atoms with E-state index in [1.807, 2.05) is 13.8 Å². The molecular formula is C13H19BrN2O3. The minimum absolute atomic E-state index is 0.0716. The summed E-state index contributed by atoms with van der Waals surface area (Å²) >= 11 is 3.34. The van der Waals surface area contributed by atoms with Gasteiger partial charge in [-0.25, -0.2) is 0 Å². The highest BCUT2D eigenvalue weighted by molar-refractivity contribution is 9.10. The van der Waals surface area contributed by atoms with Crippen LogP contribution in [0.4, 0.5) is 11.4 Å². The Morgan fingerprint density at radius 3 is 2.63 bits per heavy atom. The van der Waals surface area contributed by atoms with Crippen molar-refractivity contribution in [2.75, 3.05) is 12.4 Å². The molecule has 0 amide bonds. The van der Waals surface area contributed by atoms with Crippen LogP contribution >= 0.6 is 15.9 Å². The first-order valence-electron chi connectivity index (χ1n) is 6.01. The largest absolute Gasteiger partial charge is 0.382 e. The molecule has 0 saturated heterocycles. The molecule has 0 aromatic heterocycles. The molecular weight excluding hydrogens is 312 g/mol. The van der Waals surface area contributed by atoms with Gasteiger partial charge in [-0.15, -0.1) is 0 Å². The summed E-state index contributed by atoms with van der Waals surface area (Å²) in [4.78, 5) is 10.3. The van der Waals surface area contributed by atoms with Crippen molar-refractivity contribution in [2.45, 2.75) is 38.8 Å². The number of hydrogen-bond acceptors (Lipinski definition) is 4. The number of halogens is 1. The van der Waals surface area contributed by atoms with Gasteiger partial charge < -0.3 is 10.1 Å². The first-order valence-corrected chi connectivity index (χ1v) is 6.80. The molecule has 106 valence electrons. The first-order chi connectivity index (χ1) is 8.75. The zero-order valence-corrected chi connectivity index (χ0v) is 13.2. The lowest BCUT2D eigenvalue weighted by Gasteiger charge is -2.27. The van der Waals surface area contributed by atoms with Crippen molar-refractivity contribution >= 4 is 27.3 Å². The highest BCUT2D eigenvalue weighted by Gasteiger charge is 2.20. The molecule has 0 bridgehead atoms. The van der Waals surface area contributed by atoms with E-state index in [1.54, 1.807) is 13.2 Å². The summed E-state index contributed by atoms with van der Waals surface area (Å²) in [5.41, 5.74) is 0.701. The number of nitrogens with zero attached hydrogens (tertiary/aromatic N) is 1. The fourth-order valence-electron chi connectivity index (χ4n) is 1.87. The highest BCUT2D eigenvalue weighted by atomic mass is 79.9. The number of hydrogen-bond donors (Lipinski definition) is 1. The van der Waals surface area contributed by atoms with Gasteiger partial charge in [0, 0.05) is 35.4 Å². The molecule has 1 atom stereocenters. The van der Waals surface area contributed by atoms with Crippen LogP contribution in [0.3, 0.4) is 0 Å². The average molecular weight is 331 g/mol. The van der Waals surface area contributed by atoms with Crippen molar-refractivity contribution in [1.29, 1.82) is 0 Å². The summed E-state index contributed by atoms with van der Waals surface area (Å²) in [7, 11) is 1.69. The van der Waals surface area contributed by atoms with Crippen LogP contribution in [0.25, 0.3) is 0 Å². The van der Waals surface area contributed by atoms with Crippen molar-refractivity contribution in [3.63, 3.8) is 0 Å². The van der Waals surface area contributed by atoms with Gasteiger partial charge in [0.05, 0.1) is 10.5 Å². The third kappa shape index (κ3) is 4.80. The Balaban J connectivity index is 2.75. The number of rotatable bonds is 6. The molecule has 19 heavy (non-hydrogen) atoms. The van der Waals surface area contributed by atoms with Crippen LogP contribution in [-0.4, -0.2) is 23.7 Å². The number of nitrogens with one attached hydrogen (secondary N) is 1. The Bertz CT molecular complexity index is 463. The number of ether oxygens (including phenoxy) is 1. The molecule has 1 rings (SSSR count). The van der Waals surface area contributed by atoms with Crippen LogP contribution in [0, 0.1) is 10.1 Å².